The van der Waals surface area contributed by atoms with E-state index in [0.29, 0.717) is 0 Å². The van der Waals surface area contributed by atoms with Crippen molar-refractivity contribution in [3.63, 3.8) is 0 Å². The molecule has 0 saturated heterocycles. The van der Waals surface area contributed by atoms with Gasteiger partial charge >= 0.3 is 0 Å². The summed E-state index contributed by atoms with van der Waals surface area (Å²) in [5, 5.41) is 3.91. The fraction of sp³-hybridized carbons (Fsp3) is 0.278. The molecule has 0 amide bonds. The van der Waals surface area contributed by atoms with Crippen molar-refractivity contribution in [2.24, 2.45) is 4.74 Å². The molecule has 0 aliphatic heterocycles. The van der Waals surface area contributed by atoms with Crippen molar-refractivity contribution in [3.8, 4) is 0 Å². The summed E-state index contributed by atoms with van der Waals surface area (Å²) in [6, 6.07) is 26.9. The average molecular weight is 570 g/mol. The van der Waals surface area contributed by atoms with Gasteiger partial charge < -0.3 is 0 Å². The van der Waals surface area contributed by atoms with Crippen LogP contribution in [-0.4, -0.2) is 0 Å². The van der Waals surface area contributed by atoms with Gasteiger partial charge in [-0.15, -0.1) is 0 Å². The quantitative estimate of drug-likeness (QED) is 0.153. The van der Waals surface area contributed by atoms with Crippen LogP contribution < -0.4 is 15.9 Å². The molecule has 0 atom stereocenters. The molecule has 39 heavy (non-hydrogen) atoms. The van der Waals surface area contributed by atoms with Crippen molar-refractivity contribution in [3.05, 3.63) is 137 Å². The van der Waals surface area contributed by atoms with Crippen LogP contribution in [0, 0.1) is 20.8 Å². The average Bonchev–Trinajstić information content (AvgIpc) is 3.43. The van der Waals surface area contributed by atoms with Crippen LogP contribution in [0.4, 0.5) is 0 Å². The van der Waals surface area contributed by atoms with Crippen LogP contribution in [0.15, 0.2) is 125 Å². The number of benzene rings is 3. The third kappa shape index (κ3) is 8.78. The van der Waals surface area contributed by atoms with Crippen molar-refractivity contribution in [2.45, 2.75) is 67.7 Å². The van der Waals surface area contributed by atoms with Gasteiger partial charge in [0.2, 0.25) is 0 Å². The van der Waals surface area contributed by atoms with Gasteiger partial charge in [-0.25, -0.2) is 0 Å². The summed E-state index contributed by atoms with van der Waals surface area (Å²) < 4.78 is 5.52. The molecule has 0 unspecified atom stereocenters. The van der Waals surface area contributed by atoms with Gasteiger partial charge in [0.25, 0.3) is 0 Å². The molecule has 1 aliphatic carbocycles. The van der Waals surface area contributed by atoms with Crippen LogP contribution in [-0.2, 0) is 21.7 Å². The fourth-order valence-corrected chi connectivity index (χ4v) is 8.06. The summed E-state index contributed by atoms with van der Waals surface area (Å²) in [6.07, 6.45) is 14.2. The summed E-state index contributed by atoms with van der Waals surface area (Å²) in [4.78, 5) is 0. The Bertz CT molecular complexity index is 1230. The molecule has 3 aromatic rings. The molecule has 1 nitrogen and oxygen atoms in total. The van der Waals surface area contributed by atoms with Gasteiger partial charge in [-0.1, -0.05) is 139 Å². The first kappa shape index (κ1) is 32.8. The second kappa shape index (κ2) is 16.0. The second-order valence-corrected chi connectivity index (χ2v) is 13.1. The van der Waals surface area contributed by atoms with E-state index in [9.17, 15) is 0 Å². The number of nitrogens with zero attached hydrogens (tertiary/aromatic N) is 1. The SMILES string of the molecule is CCC=C(C)C(C)=CCC.Cc1ccc(P(=NC2=CC=CC2)(c2ccc(C)cc2)c2ccc(C)cc2)cc1.[Ti]. The third-order valence-electron chi connectivity index (χ3n) is 6.90. The smallest absolute Gasteiger partial charge is 0.0608 e. The maximum atomic E-state index is 5.52. The Labute approximate surface area is 252 Å². The topological polar surface area (TPSA) is 12.4 Å². The van der Waals surface area contributed by atoms with Crippen molar-refractivity contribution in [2.75, 3.05) is 0 Å². The Balaban J connectivity index is 0.000000417. The molecular formula is C36H44NPTi. The normalized spacial score (nSPS) is 13.3. The molecule has 3 aromatic carbocycles. The summed E-state index contributed by atoms with van der Waals surface area (Å²) in [5.41, 5.74) is 7.83. The molecule has 0 bridgehead atoms. The number of allylic oxidation sites excluding steroid dienone is 7. The molecule has 0 aromatic heterocycles. The Morgan fingerprint density at radius 1 is 0.667 bits per heavy atom. The summed E-state index contributed by atoms with van der Waals surface area (Å²) >= 11 is 0. The number of hydrogen-bond donors (Lipinski definition) is 0. The Hall–Kier alpha value is -2.44. The Kier molecular flexibility index (Phi) is 13.4. The van der Waals surface area contributed by atoms with Crippen LogP contribution in [0.3, 0.4) is 0 Å². The Morgan fingerprint density at radius 3 is 1.31 bits per heavy atom. The predicted octanol–water partition coefficient (Wildman–Crippen LogP) is 9.63. The summed E-state index contributed by atoms with van der Waals surface area (Å²) in [7, 11) is -2.15. The second-order valence-electron chi connectivity index (χ2n) is 10.1. The number of rotatable bonds is 7. The Morgan fingerprint density at radius 2 is 1.03 bits per heavy atom. The van der Waals surface area contributed by atoms with E-state index in [1.807, 2.05) is 0 Å². The van der Waals surface area contributed by atoms with Crippen molar-refractivity contribution in [1.82, 2.24) is 0 Å². The van der Waals surface area contributed by atoms with Gasteiger partial charge in [0, 0.05) is 49.7 Å². The molecule has 0 spiro atoms. The van der Waals surface area contributed by atoms with Crippen molar-refractivity contribution >= 4 is 23.0 Å². The maximum absolute atomic E-state index is 5.52. The molecule has 0 fully saturated rings. The van der Waals surface area contributed by atoms with Gasteiger partial charge in [0.1, 0.15) is 0 Å². The van der Waals surface area contributed by atoms with Crippen LogP contribution in [0.5, 0.6) is 0 Å². The summed E-state index contributed by atoms with van der Waals surface area (Å²) in [5.74, 6) is 0. The zero-order valence-electron chi connectivity index (χ0n) is 24.8. The third-order valence-corrected chi connectivity index (χ3v) is 10.6. The van der Waals surface area contributed by atoms with Crippen LogP contribution in [0.2, 0.25) is 0 Å². The van der Waals surface area contributed by atoms with Crippen LogP contribution in [0.25, 0.3) is 0 Å². The molecular weight excluding hydrogens is 525 g/mol. The molecule has 202 valence electrons. The molecule has 1 aliphatic rings. The van der Waals surface area contributed by atoms with Crippen LogP contribution >= 0.6 is 7.05 Å². The van der Waals surface area contributed by atoms with Crippen molar-refractivity contribution in [1.29, 1.82) is 0 Å². The van der Waals surface area contributed by atoms with E-state index >= 15 is 0 Å². The molecule has 0 radical (unpaired) electrons. The van der Waals surface area contributed by atoms with E-state index in [1.165, 1.54) is 43.8 Å². The van der Waals surface area contributed by atoms with Gasteiger partial charge in [0.15, 0.2) is 0 Å². The van der Waals surface area contributed by atoms with Gasteiger partial charge in [-0.05, 0) is 53.5 Å². The molecule has 0 saturated carbocycles. The van der Waals surface area contributed by atoms with Gasteiger partial charge in [-0.3, -0.25) is 4.74 Å². The first-order chi connectivity index (χ1) is 18.3. The fourth-order valence-electron chi connectivity index (χ4n) is 4.54. The number of hydrogen-bond acceptors (Lipinski definition) is 1. The minimum Gasteiger partial charge on any atom is -0.258 e. The first-order valence-corrected chi connectivity index (χ1v) is 15.6. The monoisotopic (exact) mass is 569 g/mol. The zero-order valence-corrected chi connectivity index (χ0v) is 27.3. The van der Waals surface area contributed by atoms with E-state index in [2.05, 4.69) is 152 Å². The van der Waals surface area contributed by atoms with Crippen LogP contribution in [0.1, 0.15) is 63.6 Å². The zero-order chi connectivity index (χ0) is 27.5. The number of aryl methyl sites for hydroxylation is 3. The molecule has 4 rings (SSSR count). The van der Waals surface area contributed by atoms with Crippen molar-refractivity contribution < 1.29 is 21.7 Å². The first-order valence-electron chi connectivity index (χ1n) is 13.8. The largest absolute Gasteiger partial charge is 0.258 e. The minimum atomic E-state index is -2.15. The molecule has 3 heteroatoms. The van der Waals surface area contributed by atoms with E-state index in [0.717, 1.165) is 25.0 Å². The van der Waals surface area contributed by atoms with E-state index in [-0.39, 0.29) is 21.7 Å². The van der Waals surface area contributed by atoms with Gasteiger partial charge in [-0.2, -0.15) is 0 Å². The standard InChI is InChI=1S/C26H26NP.C10H18.Ti/c1-20-8-14-24(15-9-20)28(27-23-6-4-5-7-23,25-16-10-21(2)11-17-25)26-18-12-22(3)13-19-26;1-5-7-9(3)10(4)8-6-2;/h4-6,8-19H,7H2,1-3H3;7-8H,5-6H2,1-4H3;. The molecule has 0 heterocycles. The maximum Gasteiger partial charge on any atom is 0.0608 e. The van der Waals surface area contributed by atoms with E-state index < -0.39 is 7.05 Å². The predicted molar refractivity (Wildman–Crippen MR) is 172 cm³/mol. The summed E-state index contributed by atoms with van der Waals surface area (Å²) in [6.45, 7) is 15.1. The van der Waals surface area contributed by atoms with Gasteiger partial charge in [0.05, 0.1) is 7.05 Å². The minimum absolute atomic E-state index is 0. The molecule has 0 N–H and O–H groups in total. The van der Waals surface area contributed by atoms with E-state index in [4.69, 9.17) is 4.74 Å². The van der Waals surface area contributed by atoms with E-state index in [1.54, 1.807) is 0 Å².